The molecule has 0 saturated heterocycles. The fourth-order valence-corrected chi connectivity index (χ4v) is 5.95. The van der Waals surface area contributed by atoms with Gasteiger partial charge in [0.1, 0.15) is 24.7 Å². The SMILES string of the molecule is COc1cc(OC(C)C)c(-c2sc(-c3c(OC(C)C)cc(OC)c(OC)c3OC)c3c2OCCO3)c(OC)c1OC. The van der Waals surface area contributed by atoms with E-state index in [0.29, 0.717) is 81.8 Å². The van der Waals surface area contributed by atoms with Gasteiger partial charge in [-0.15, -0.1) is 11.3 Å². The topological polar surface area (TPSA) is 92.3 Å². The van der Waals surface area contributed by atoms with E-state index in [1.165, 1.54) is 11.3 Å². The van der Waals surface area contributed by atoms with Crippen LogP contribution in [-0.4, -0.2) is 68.1 Å². The van der Waals surface area contributed by atoms with E-state index in [9.17, 15) is 0 Å². The fourth-order valence-electron chi connectivity index (χ4n) is 4.67. The second-order valence-electron chi connectivity index (χ2n) is 9.49. The van der Waals surface area contributed by atoms with Crippen LogP contribution in [0, 0.1) is 0 Å². The van der Waals surface area contributed by atoms with E-state index in [2.05, 4.69) is 0 Å². The Kier molecular flexibility index (Phi) is 9.37. The summed E-state index contributed by atoms with van der Waals surface area (Å²) in [5.74, 6) is 4.83. The zero-order valence-electron chi connectivity index (χ0n) is 25.2. The maximum atomic E-state index is 6.29. The first kappa shape index (κ1) is 30.1. The third-order valence-corrected chi connectivity index (χ3v) is 7.35. The lowest BCUT2D eigenvalue weighted by molar-refractivity contribution is 0.174. The molecule has 11 heteroatoms. The van der Waals surface area contributed by atoms with E-state index < -0.39 is 0 Å². The first-order valence-electron chi connectivity index (χ1n) is 13.2. The summed E-state index contributed by atoms with van der Waals surface area (Å²) >= 11 is 1.43. The molecular weight excluding hydrogens is 552 g/mol. The van der Waals surface area contributed by atoms with Gasteiger partial charge < -0.3 is 47.4 Å². The first-order chi connectivity index (χ1) is 19.7. The highest BCUT2D eigenvalue weighted by molar-refractivity contribution is 7.20. The van der Waals surface area contributed by atoms with E-state index in [1.54, 1.807) is 54.8 Å². The maximum Gasteiger partial charge on any atom is 0.204 e. The van der Waals surface area contributed by atoms with E-state index in [0.717, 1.165) is 9.75 Å². The van der Waals surface area contributed by atoms with Crippen molar-refractivity contribution in [3.05, 3.63) is 12.1 Å². The predicted octanol–water partition coefficient (Wildman–Crippen LogP) is 6.48. The Morgan fingerprint density at radius 2 is 0.902 bits per heavy atom. The summed E-state index contributed by atoms with van der Waals surface area (Å²) < 4.78 is 59.6. The van der Waals surface area contributed by atoms with Crippen molar-refractivity contribution >= 4 is 11.3 Å². The molecule has 0 N–H and O–H groups in total. The fraction of sp³-hybridized carbons (Fsp3) is 0.467. The first-order valence-corrected chi connectivity index (χ1v) is 14.0. The number of thiophene rings is 1. The number of hydrogen-bond donors (Lipinski definition) is 0. The van der Waals surface area contributed by atoms with Crippen molar-refractivity contribution in [1.82, 2.24) is 0 Å². The summed E-state index contributed by atoms with van der Waals surface area (Å²) in [7, 11) is 9.40. The molecule has 0 bridgehead atoms. The van der Waals surface area contributed by atoms with Crippen LogP contribution < -0.4 is 47.4 Å². The Bertz CT molecular complexity index is 1280. The molecule has 1 aliphatic heterocycles. The predicted molar refractivity (Wildman–Crippen MR) is 157 cm³/mol. The van der Waals surface area contributed by atoms with Gasteiger partial charge in [-0.05, 0) is 27.7 Å². The Labute approximate surface area is 244 Å². The second kappa shape index (κ2) is 12.8. The quantitative estimate of drug-likeness (QED) is 0.233. The van der Waals surface area contributed by atoms with E-state index in [4.69, 9.17) is 47.4 Å². The molecule has 10 nitrogen and oxygen atoms in total. The summed E-state index contributed by atoms with van der Waals surface area (Å²) in [6.45, 7) is 8.53. The molecule has 3 aromatic rings. The Morgan fingerprint density at radius 1 is 0.537 bits per heavy atom. The van der Waals surface area contributed by atoms with Gasteiger partial charge >= 0.3 is 0 Å². The van der Waals surface area contributed by atoms with Gasteiger partial charge in [-0.1, -0.05) is 0 Å². The lowest BCUT2D eigenvalue weighted by Crippen LogP contribution is -2.15. The molecule has 0 spiro atoms. The highest BCUT2D eigenvalue weighted by Crippen LogP contribution is 2.63. The summed E-state index contributed by atoms with van der Waals surface area (Å²) in [6, 6.07) is 3.58. The zero-order valence-corrected chi connectivity index (χ0v) is 26.0. The molecule has 0 unspecified atom stereocenters. The van der Waals surface area contributed by atoms with Gasteiger partial charge in [0.15, 0.2) is 34.5 Å². The van der Waals surface area contributed by atoms with E-state index in [-0.39, 0.29) is 12.2 Å². The third-order valence-electron chi connectivity index (χ3n) is 6.17. The lowest BCUT2D eigenvalue weighted by Gasteiger charge is -2.23. The largest absolute Gasteiger partial charge is 0.493 e. The molecule has 0 radical (unpaired) electrons. The van der Waals surface area contributed by atoms with Gasteiger partial charge in [-0.3, -0.25) is 0 Å². The monoisotopic (exact) mass is 590 g/mol. The van der Waals surface area contributed by atoms with Gasteiger partial charge in [0.2, 0.25) is 11.5 Å². The van der Waals surface area contributed by atoms with Crippen LogP contribution in [0.2, 0.25) is 0 Å². The summed E-state index contributed by atoms with van der Waals surface area (Å²) in [6.07, 6.45) is -0.276. The van der Waals surface area contributed by atoms with Crippen molar-refractivity contribution in [2.45, 2.75) is 39.9 Å². The highest BCUT2D eigenvalue weighted by atomic mass is 32.1. The van der Waals surface area contributed by atoms with E-state index >= 15 is 0 Å². The number of rotatable bonds is 12. The van der Waals surface area contributed by atoms with Crippen molar-refractivity contribution in [3.8, 4) is 78.4 Å². The smallest absolute Gasteiger partial charge is 0.204 e. The number of methoxy groups -OCH3 is 6. The van der Waals surface area contributed by atoms with Crippen LogP contribution in [0.1, 0.15) is 27.7 Å². The molecule has 1 aromatic heterocycles. The minimum Gasteiger partial charge on any atom is -0.493 e. The number of fused-ring (bicyclic) bond motifs is 1. The van der Waals surface area contributed by atoms with Crippen LogP contribution in [0.15, 0.2) is 12.1 Å². The van der Waals surface area contributed by atoms with Gasteiger partial charge in [0.25, 0.3) is 0 Å². The van der Waals surface area contributed by atoms with Crippen molar-refractivity contribution in [1.29, 1.82) is 0 Å². The molecule has 2 heterocycles. The second-order valence-corrected chi connectivity index (χ2v) is 10.5. The van der Waals surface area contributed by atoms with Gasteiger partial charge in [-0.2, -0.15) is 0 Å². The number of benzene rings is 2. The van der Waals surface area contributed by atoms with Crippen molar-refractivity contribution in [3.63, 3.8) is 0 Å². The Morgan fingerprint density at radius 3 is 1.20 bits per heavy atom. The van der Waals surface area contributed by atoms with Crippen LogP contribution >= 0.6 is 11.3 Å². The summed E-state index contributed by atoms with van der Waals surface area (Å²) in [5.41, 5.74) is 1.28. The third kappa shape index (κ3) is 5.55. The standard InChI is InChI=1S/C30H38O10S/c1-15(2)39-17-13-19(31-5)23(33-7)25(35-9)21(17)29-27-28(38-12-11-37-27)30(41-29)22-18(40-16(3)4)14-20(32-6)24(34-8)26(22)36-10/h13-16H,11-12H2,1-10H3. The lowest BCUT2D eigenvalue weighted by atomic mass is 10.1. The molecule has 0 aliphatic carbocycles. The van der Waals surface area contributed by atoms with Gasteiger partial charge in [0.05, 0.1) is 75.7 Å². The molecule has 0 amide bonds. The molecule has 2 aromatic carbocycles. The Hall–Kier alpha value is -3.86. The van der Waals surface area contributed by atoms with Crippen LogP contribution in [-0.2, 0) is 0 Å². The van der Waals surface area contributed by atoms with Gasteiger partial charge in [0, 0.05) is 12.1 Å². The van der Waals surface area contributed by atoms with Crippen molar-refractivity contribution < 1.29 is 47.4 Å². The molecular formula is C30H38O10S. The minimum absolute atomic E-state index is 0.138. The minimum atomic E-state index is -0.138. The Balaban J connectivity index is 2.13. The number of ether oxygens (including phenoxy) is 10. The molecule has 0 atom stereocenters. The number of hydrogen-bond acceptors (Lipinski definition) is 11. The highest BCUT2D eigenvalue weighted by Gasteiger charge is 2.36. The van der Waals surface area contributed by atoms with Crippen molar-refractivity contribution in [2.75, 3.05) is 55.9 Å². The molecule has 1 aliphatic rings. The van der Waals surface area contributed by atoms with Crippen LogP contribution in [0.4, 0.5) is 0 Å². The van der Waals surface area contributed by atoms with Crippen molar-refractivity contribution in [2.24, 2.45) is 0 Å². The molecule has 41 heavy (non-hydrogen) atoms. The maximum absolute atomic E-state index is 6.29. The molecule has 0 saturated carbocycles. The van der Waals surface area contributed by atoms with Crippen LogP contribution in [0.3, 0.4) is 0 Å². The molecule has 0 fully saturated rings. The average Bonchev–Trinajstić information content (AvgIpc) is 3.33. The van der Waals surface area contributed by atoms with Crippen LogP contribution in [0.25, 0.3) is 20.9 Å². The summed E-state index contributed by atoms with van der Waals surface area (Å²) in [5, 5.41) is 0. The van der Waals surface area contributed by atoms with Crippen LogP contribution in [0.5, 0.6) is 57.5 Å². The normalized spacial score (nSPS) is 12.3. The molecule has 4 rings (SSSR count). The molecule has 224 valence electrons. The van der Waals surface area contributed by atoms with Gasteiger partial charge in [-0.25, -0.2) is 0 Å². The summed E-state index contributed by atoms with van der Waals surface area (Å²) in [4.78, 5) is 1.44. The average molecular weight is 591 g/mol. The zero-order chi connectivity index (χ0) is 29.8. The van der Waals surface area contributed by atoms with E-state index in [1.807, 2.05) is 27.7 Å².